The topological polar surface area (TPSA) is 45.0 Å². The summed E-state index contributed by atoms with van der Waals surface area (Å²) in [5, 5.41) is 19.8. The summed E-state index contributed by atoms with van der Waals surface area (Å²) in [7, 11) is 0. The molecule has 0 unspecified atom stereocenters. The maximum absolute atomic E-state index is 11.0. The van der Waals surface area contributed by atoms with Gasteiger partial charge in [0.25, 0.3) is 0 Å². The number of nitrogens with zero attached hydrogens (tertiary/aromatic N) is 2. The molecule has 128 valence electrons. The van der Waals surface area contributed by atoms with Gasteiger partial charge in [0.05, 0.1) is 5.60 Å². The van der Waals surface area contributed by atoms with Crippen LogP contribution in [0.1, 0.15) is 78.6 Å². The number of hydrogen-bond acceptors (Lipinski definition) is 3. The zero-order valence-electron chi connectivity index (χ0n) is 15.0. The summed E-state index contributed by atoms with van der Waals surface area (Å²) < 4.78 is 0. The zero-order chi connectivity index (χ0) is 16.1. The van der Waals surface area contributed by atoms with Crippen LogP contribution in [0.15, 0.2) is 10.2 Å². The van der Waals surface area contributed by atoms with Gasteiger partial charge in [0.2, 0.25) is 0 Å². The summed E-state index contributed by atoms with van der Waals surface area (Å²) >= 11 is 0. The highest BCUT2D eigenvalue weighted by Crippen LogP contribution is 2.69. The van der Waals surface area contributed by atoms with Crippen LogP contribution >= 0.6 is 0 Å². The minimum atomic E-state index is -0.442. The fourth-order valence-electron chi connectivity index (χ4n) is 7.72. The van der Waals surface area contributed by atoms with E-state index in [0.717, 1.165) is 30.1 Å². The van der Waals surface area contributed by atoms with E-state index in [1.165, 1.54) is 51.4 Å². The molecule has 5 rings (SSSR count). The SMILES string of the molecule is C[C@]12CCC3(C[C@H]1CC[C@@H]1[C@@H]2CC[C@@]2(C)[C@H]1CC[C@]2(C)O)N=N3. The molecule has 1 heterocycles. The van der Waals surface area contributed by atoms with Gasteiger partial charge < -0.3 is 5.11 Å². The first kappa shape index (κ1) is 14.9. The van der Waals surface area contributed by atoms with E-state index >= 15 is 0 Å². The first-order valence-electron chi connectivity index (χ1n) is 9.96. The Morgan fingerprint density at radius 3 is 2.30 bits per heavy atom. The van der Waals surface area contributed by atoms with Crippen molar-refractivity contribution in [3.8, 4) is 0 Å². The Kier molecular flexibility index (Phi) is 2.72. The average Bonchev–Trinajstić information content (AvgIpc) is 3.21. The second-order valence-corrected chi connectivity index (χ2v) is 10.3. The van der Waals surface area contributed by atoms with Gasteiger partial charge in [0.1, 0.15) is 0 Å². The number of aliphatic hydroxyl groups is 1. The Morgan fingerprint density at radius 2 is 1.57 bits per heavy atom. The van der Waals surface area contributed by atoms with Crippen LogP contribution in [-0.4, -0.2) is 16.4 Å². The minimum Gasteiger partial charge on any atom is -0.390 e. The molecule has 3 nitrogen and oxygen atoms in total. The Bertz CT molecular complexity index is 564. The van der Waals surface area contributed by atoms with E-state index in [1.54, 1.807) is 0 Å². The van der Waals surface area contributed by atoms with Crippen molar-refractivity contribution in [1.29, 1.82) is 0 Å². The Morgan fingerprint density at radius 1 is 0.826 bits per heavy atom. The molecular weight excluding hydrogens is 284 g/mol. The fourth-order valence-corrected chi connectivity index (χ4v) is 7.72. The van der Waals surface area contributed by atoms with Crippen molar-refractivity contribution in [3.63, 3.8) is 0 Å². The van der Waals surface area contributed by atoms with Crippen LogP contribution in [0.2, 0.25) is 0 Å². The van der Waals surface area contributed by atoms with Gasteiger partial charge in [0.15, 0.2) is 5.66 Å². The van der Waals surface area contributed by atoms with Crippen molar-refractivity contribution in [2.24, 2.45) is 44.7 Å². The Balaban J connectivity index is 1.45. The second-order valence-electron chi connectivity index (χ2n) is 10.3. The van der Waals surface area contributed by atoms with E-state index in [0.29, 0.717) is 5.41 Å². The molecule has 4 aliphatic carbocycles. The fraction of sp³-hybridized carbons (Fsp3) is 1.00. The van der Waals surface area contributed by atoms with Crippen LogP contribution in [-0.2, 0) is 0 Å². The molecule has 0 aromatic carbocycles. The van der Waals surface area contributed by atoms with Gasteiger partial charge in [-0.05, 0) is 99.2 Å². The molecule has 1 spiro atoms. The van der Waals surface area contributed by atoms with E-state index in [4.69, 9.17) is 0 Å². The second kappa shape index (κ2) is 4.20. The summed E-state index contributed by atoms with van der Waals surface area (Å²) in [5.41, 5.74) is 0.298. The molecule has 0 aromatic heterocycles. The molecule has 3 heteroatoms. The first-order chi connectivity index (χ1) is 10.8. The average molecular weight is 316 g/mol. The summed E-state index contributed by atoms with van der Waals surface area (Å²) in [4.78, 5) is 0. The molecule has 1 N–H and O–H groups in total. The predicted octanol–water partition coefficient (Wildman–Crippen LogP) is 4.94. The molecule has 0 radical (unpaired) electrons. The monoisotopic (exact) mass is 316 g/mol. The normalized spacial score (nSPS) is 59.3. The molecule has 4 saturated carbocycles. The third-order valence-corrected chi connectivity index (χ3v) is 9.65. The first-order valence-corrected chi connectivity index (χ1v) is 9.96. The maximum atomic E-state index is 11.0. The molecule has 0 aromatic rings. The minimum absolute atomic E-state index is 0.0667. The number of rotatable bonds is 0. The standard InChI is InChI=1S/C20H32N2O/c1-17-10-11-20(21-22-20)12-13(17)4-5-14-15(17)6-8-18(2)16(14)7-9-19(18,3)23/h13-16,23H,4-12H2,1-3H3/t13-,14-,15+,16+,17+,18+,19+/m1/s1. The summed E-state index contributed by atoms with van der Waals surface area (Å²) in [6.45, 7) is 7.10. The molecule has 7 atom stereocenters. The molecule has 0 amide bonds. The summed E-state index contributed by atoms with van der Waals surface area (Å²) in [6.07, 6.45) is 11.3. The van der Waals surface area contributed by atoms with Gasteiger partial charge >= 0.3 is 0 Å². The van der Waals surface area contributed by atoms with Gasteiger partial charge in [0, 0.05) is 0 Å². The molecule has 23 heavy (non-hydrogen) atoms. The highest BCUT2D eigenvalue weighted by atomic mass is 16.3. The highest BCUT2D eigenvalue weighted by Gasteiger charge is 2.64. The van der Waals surface area contributed by atoms with E-state index in [1.807, 2.05) is 0 Å². The van der Waals surface area contributed by atoms with Gasteiger partial charge in [-0.2, -0.15) is 10.2 Å². The number of fused-ring (bicyclic) bond motifs is 5. The molecule has 5 aliphatic rings. The lowest BCUT2D eigenvalue weighted by Crippen LogP contribution is -2.56. The van der Waals surface area contributed by atoms with E-state index in [9.17, 15) is 5.11 Å². The van der Waals surface area contributed by atoms with E-state index in [2.05, 4.69) is 31.0 Å². The van der Waals surface area contributed by atoms with Crippen molar-refractivity contribution in [2.45, 2.75) is 89.8 Å². The van der Waals surface area contributed by atoms with Crippen LogP contribution in [0, 0.1) is 34.5 Å². The predicted molar refractivity (Wildman–Crippen MR) is 89.9 cm³/mol. The van der Waals surface area contributed by atoms with Crippen molar-refractivity contribution in [2.75, 3.05) is 0 Å². The highest BCUT2D eigenvalue weighted by molar-refractivity contribution is 5.14. The molecule has 0 saturated heterocycles. The lowest BCUT2D eigenvalue weighted by Gasteiger charge is -2.61. The molecular formula is C20H32N2O. The lowest BCUT2D eigenvalue weighted by molar-refractivity contribution is -0.148. The van der Waals surface area contributed by atoms with Crippen LogP contribution in [0.25, 0.3) is 0 Å². The van der Waals surface area contributed by atoms with Crippen molar-refractivity contribution >= 4 is 0 Å². The van der Waals surface area contributed by atoms with Crippen molar-refractivity contribution in [1.82, 2.24) is 0 Å². The number of hydrogen-bond donors (Lipinski definition) is 1. The van der Waals surface area contributed by atoms with E-state index in [-0.39, 0.29) is 11.1 Å². The van der Waals surface area contributed by atoms with Gasteiger partial charge in [-0.15, -0.1) is 0 Å². The summed E-state index contributed by atoms with van der Waals surface area (Å²) in [5.74, 6) is 3.31. The zero-order valence-corrected chi connectivity index (χ0v) is 15.0. The van der Waals surface area contributed by atoms with E-state index < -0.39 is 5.60 Å². The van der Waals surface area contributed by atoms with Gasteiger partial charge in [-0.3, -0.25) is 0 Å². The smallest absolute Gasteiger partial charge is 0.191 e. The largest absolute Gasteiger partial charge is 0.390 e. The van der Waals surface area contributed by atoms with Gasteiger partial charge in [-0.1, -0.05) is 13.8 Å². The Hall–Kier alpha value is -0.440. The van der Waals surface area contributed by atoms with Crippen LogP contribution in [0.4, 0.5) is 0 Å². The third-order valence-electron chi connectivity index (χ3n) is 9.65. The third kappa shape index (κ3) is 1.75. The molecule has 0 bridgehead atoms. The van der Waals surface area contributed by atoms with Crippen LogP contribution in [0.3, 0.4) is 0 Å². The van der Waals surface area contributed by atoms with Crippen molar-refractivity contribution < 1.29 is 5.11 Å². The quantitative estimate of drug-likeness (QED) is 0.675. The van der Waals surface area contributed by atoms with Crippen molar-refractivity contribution in [3.05, 3.63) is 0 Å². The molecule has 4 fully saturated rings. The Labute approximate surface area is 140 Å². The maximum Gasteiger partial charge on any atom is 0.191 e. The van der Waals surface area contributed by atoms with Gasteiger partial charge in [-0.25, -0.2) is 0 Å². The van der Waals surface area contributed by atoms with Crippen LogP contribution in [0.5, 0.6) is 0 Å². The summed E-state index contributed by atoms with van der Waals surface area (Å²) in [6, 6.07) is 0. The molecule has 1 aliphatic heterocycles. The van der Waals surface area contributed by atoms with Crippen LogP contribution < -0.4 is 0 Å². The lowest BCUT2D eigenvalue weighted by atomic mass is 9.44.